The first-order valence-corrected chi connectivity index (χ1v) is 8.89. The summed E-state index contributed by atoms with van der Waals surface area (Å²) < 4.78 is 0. The Morgan fingerprint density at radius 1 is 1.08 bits per heavy atom. The van der Waals surface area contributed by atoms with Crippen LogP contribution in [0.5, 0.6) is 0 Å². The maximum absolute atomic E-state index is 11.5. The topological polar surface area (TPSA) is 102 Å². The van der Waals surface area contributed by atoms with Crippen molar-refractivity contribution in [3.05, 3.63) is 65.3 Å². The van der Waals surface area contributed by atoms with E-state index < -0.39 is 16.9 Å². The molecular weight excluding hydrogens is 348 g/mol. The summed E-state index contributed by atoms with van der Waals surface area (Å²) in [4.78, 5) is 25.2. The van der Waals surface area contributed by atoms with Gasteiger partial charge in [-0.15, -0.1) is 11.3 Å². The van der Waals surface area contributed by atoms with Crippen LogP contribution in [0.15, 0.2) is 49.2 Å². The van der Waals surface area contributed by atoms with Crippen molar-refractivity contribution < 1.29 is 9.90 Å². The van der Waals surface area contributed by atoms with Gasteiger partial charge in [0, 0.05) is 40.0 Å². The number of carbonyl (C=O) groups excluding carboxylic acids is 1. The average Bonchev–Trinajstić information content (AvgIpc) is 3.11. The van der Waals surface area contributed by atoms with Crippen molar-refractivity contribution in [1.29, 1.82) is 0 Å². The highest BCUT2D eigenvalue weighted by molar-refractivity contribution is 7.17. The van der Waals surface area contributed by atoms with Gasteiger partial charge in [0.15, 0.2) is 0 Å². The van der Waals surface area contributed by atoms with Crippen molar-refractivity contribution in [2.24, 2.45) is 11.1 Å². The van der Waals surface area contributed by atoms with Gasteiger partial charge in [-0.3, -0.25) is 9.78 Å². The quantitative estimate of drug-likeness (QED) is 0.737. The molecule has 3 heterocycles. The Morgan fingerprint density at radius 3 is 2.27 bits per heavy atom. The van der Waals surface area contributed by atoms with E-state index in [2.05, 4.69) is 15.0 Å². The van der Waals surface area contributed by atoms with E-state index in [9.17, 15) is 9.90 Å². The molecule has 0 aliphatic heterocycles. The van der Waals surface area contributed by atoms with Crippen LogP contribution in [0.25, 0.3) is 10.4 Å². The molecule has 26 heavy (non-hydrogen) atoms. The predicted molar refractivity (Wildman–Crippen MR) is 101 cm³/mol. The fourth-order valence-corrected chi connectivity index (χ4v) is 3.68. The molecule has 0 aliphatic rings. The van der Waals surface area contributed by atoms with Gasteiger partial charge in [-0.1, -0.05) is 26.8 Å². The van der Waals surface area contributed by atoms with Crippen molar-refractivity contribution in [3.8, 4) is 10.4 Å². The van der Waals surface area contributed by atoms with Crippen molar-refractivity contribution in [3.63, 3.8) is 0 Å². The van der Waals surface area contributed by atoms with E-state index in [0.717, 1.165) is 10.4 Å². The zero-order valence-electron chi connectivity index (χ0n) is 14.8. The number of carbonyl (C=O) groups is 1. The minimum atomic E-state index is -1.35. The zero-order chi connectivity index (χ0) is 18.9. The number of pyridine rings is 1. The normalized spacial score (nSPS) is 14.0. The van der Waals surface area contributed by atoms with Crippen LogP contribution in [0.3, 0.4) is 0 Å². The lowest BCUT2D eigenvalue weighted by atomic mass is 9.71. The van der Waals surface area contributed by atoms with Gasteiger partial charge in [-0.2, -0.15) is 0 Å². The molecule has 3 N–H and O–H groups in total. The molecule has 0 saturated heterocycles. The second kappa shape index (κ2) is 6.59. The molecule has 134 valence electrons. The molecule has 0 aliphatic carbocycles. The monoisotopic (exact) mass is 368 g/mol. The molecular formula is C19H20N4O2S. The van der Waals surface area contributed by atoms with Gasteiger partial charge in [-0.25, -0.2) is 9.97 Å². The van der Waals surface area contributed by atoms with E-state index in [1.165, 1.54) is 17.7 Å². The van der Waals surface area contributed by atoms with Crippen LogP contribution in [0.2, 0.25) is 0 Å². The first kappa shape index (κ1) is 18.2. The highest BCUT2D eigenvalue weighted by Gasteiger charge is 2.45. The Bertz CT molecular complexity index is 917. The van der Waals surface area contributed by atoms with Gasteiger partial charge >= 0.3 is 0 Å². The molecule has 1 atom stereocenters. The minimum absolute atomic E-state index is 0.447. The Hall–Kier alpha value is -2.64. The second-order valence-corrected chi connectivity index (χ2v) is 8.13. The third-order valence-electron chi connectivity index (χ3n) is 4.33. The molecule has 3 aromatic rings. The molecule has 0 saturated carbocycles. The molecule has 0 bridgehead atoms. The summed E-state index contributed by atoms with van der Waals surface area (Å²) in [6.45, 7) is 5.82. The van der Waals surface area contributed by atoms with Gasteiger partial charge in [-0.05, 0) is 18.2 Å². The van der Waals surface area contributed by atoms with Gasteiger partial charge in [0.05, 0.1) is 10.6 Å². The van der Waals surface area contributed by atoms with Crippen LogP contribution >= 0.6 is 11.3 Å². The van der Waals surface area contributed by atoms with E-state index in [1.54, 1.807) is 30.7 Å². The summed E-state index contributed by atoms with van der Waals surface area (Å²) >= 11 is 1.31. The molecule has 0 fully saturated rings. The van der Waals surface area contributed by atoms with Gasteiger partial charge in [0.1, 0.15) is 11.9 Å². The first-order chi connectivity index (χ1) is 12.2. The fourth-order valence-electron chi connectivity index (χ4n) is 2.83. The molecule has 6 nitrogen and oxygen atoms in total. The van der Waals surface area contributed by atoms with E-state index in [4.69, 9.17) is 5.73 Å². The second-order valence-electron chi connectivity index (χ2n) is 7.05. The summed E-state index contributed by atoms with van der Waals surface area (Å²) in [6.07, 6.45) is 6.32. The lowest BCUT2D eigenvalue weighted by Gasteiger charge is -2.39. The zero-order valence-corrected chi connectivity index (χ0v) is 15.6. The third-order valence-corrected chi connectivity index (χ3v) is 5.48. The van der Waals surface area contributed by atoms with Gasteiger partial charge in [0.25, 0.3) is 5.91 Å². The molecule has 3 aromatic heterocycles. The number of thiophene rings is 1. The van der Waals surface area contributed by atoms with Crippen LogP contribution in [0, 0.1) is 5.41 Å². The predicted octanol–water partition coefficient (Wildman–Crippen LogP) is 2.98. The minimum Gasteiger partial charge on any atom is -0.378 e. The number of hydrogen-bond acceptors (Lipinski definition) is 6. The van der Waals surface area contributed by atoms with E-state index >= 15 is 0 Å². The van der Waals surface area contributed by atoms with Gasteiger partial charge in [0.2, 0.25) is 0 Å². The highest BCUT2D eigenvalue weighted by atomic mass is 32.1. The fraction of sp³-hybridized carbons (Fsp3) is 0.263. The smallest absolute Gasteiger partial charge is 0.258 e. The van der Waals surface area contributed by atoms with Crippen molar-refractivity contribution in [2.75, 3.05) is 0 Å². The number of primary amides is 1. The molecule has 0 spiro atoms. The maximum Gasteiger partial charge on any atom is 0.258 e. The van der Waals surface area contributed by atoms with E-state index in [-0.39, 0.29) is 0 Å². The summed E-state index contributed by atoms with van der Waals surface area (Å²) in [5, 5.41) is 11.5. The number of aromatic nitrogens is 3. The van der Waals surface area contributed by atoms with E-state index in [0.29, 0.717) is 16.1 Å². The Morgan fingerprint density at radius 2 is 1.77 bits per heavy atom. The van der Waals surface area contributed by atoms with Crippen LogP contribution in [-0.4, -0.2) is 26.0 Å². The Labute approximate surface area is 155 Å². The summed E-state index contributed by atoms with van der Waals surface area (Å²) in [7, 11) is 0. The molecule has 1 unspecified atom stereocenters. The standard InChI is InChI=1S/C19H20N4O2S/c1-18(2,3)19(25,13-9-21-11-22-10-13)16-7-4-12(8-23-16)14-5-6-15(26-14)17(20)24/h4-11,25H,1-3H3,(H2,20,24). The maximum atomic E-state index is 11.5. The largest absolute Gasteiger partial charge is 0.378 e. The molecule has 3 rings (SSSR count). The summed E-state index contributed by atoms with van der Waals surface area (Å²) in [5.74, 6) is -0.447. The number of amides is 1. The molecule has 1 amide bonds. The number of nitrogens with two attached hydrogens (primary N) is 1. The van der Waals surface area contributed by atoms with Crippen LogP contribution in [0.1, 0.15) is 41.7 Å². The SMILES string of the molecule is CC(C)(C)C(O)(c1cncnc1)c1ccc(-c2ccc(C(N)=O)s2)cn1. The molecule has 7 heteroatoms. The van der Waals surface area contributed by atoms with Crippen LogP contribution < -0.4 is 5.73 Å². The number of nitrogens with zero attached hydrogens (tertiary/aromatic N) is 3. The molecule has 0 radical (unpaired) electrons. The Balaban J connectivity index is 2.03. The number of aliphatic hydroxyl groups is 1. The number of hydrogen-bond donors (Lipinski definition) is 2. The Kier molecular flexibility index (Phi) is 4.60. The lowest BCUT2D eigenvalue weighted by molar-refractivity contribution is -0.0301. The summed E-state index contributed by atoms with van der Waals surface area (Å²) in [5.41, 5.74) is 5.38. The van der Waals surface area contributed by atoms with Crippen molar-refractivity contribution >= 4 is 17.2 Å². The van der Waals surface area contributed by atoms with Crippen LogP contribution in [-0.2, 0) is 5.60 Å². The summed E-state index contributed by atoms with van der Waals surface area (Å²) in [6, 6.07) is 7.20. The highest BCUT2D eigenvalue weighted by Crippen LogP contribution is 2.43. The number of rotatable bonds is 4. The van der Waals surface area contributed by atoms with E-state index in [1.807, 2.05) is 32.9 Å². The van der Waals surface area contributed by atoms with Crippen molar-refractivity contribution in [2.45, 2.75) is 26.4 Å². The first-order valence-electron chi connectivity index (χ1n) is 8.08. The third kappa shape index (κ3) is 3.11. The van der Waals surface area contributed by atoms with Crippen molar-refractivity contribution in [1.82, 2.24) is 15.0 Å². The van der Waals surface area contributed by atoms with Crippen LogP contribution in [0.4, 0.5) is 0 Å². The average molecular weight is 368 g/mol. The molecule has 0 aromatic carbocycles. The van der Waals surface area contributed by atoms with Gasteiger partial charge < -0.3 is 10.8 Å². The lowest BCUT2D eigenvalue weighted by Crippen LogP contribution is -2.42.